The summed E-state index contributed by atoms with van der Waals surface area (Å²) in [4.78, 5) is 28.2. The van der Waals surface area contributed by atoms with Crippen molar-refractivity contribution in [1.82, 2.24) is 15.1 Å². The number of carbonyl (C=O) groups excluding carboxylic acids is 2. The third-order valence-electron chi connectivity index (χ3n) is 4.18. The number of benzene rings is 1. The molecular weight excluding hydrogens is 350 g/mol. The Kier molecular flexibility index (Phi) is 6.00. The average Bonchev–Trinajstić information content (AvgIpc) is 3.26. The number of hydrogen-bond donors (Lipinski definition) is 1. The summed E-state index contributed by atoms with van der Waals surface area (Å²) in [5.41, 5.74) is 1.64. The third kappa shape index (κ3) is 4.47. The van der Waals surface area contributed by atoms with Gasteiger partial charge in [0.25, 0.3) is 5.91 Å². The maximum atomic E-state index is 12.2. The molecule has 1 saturated heterocycles. The molecule has 1 atom stereocenters. The fourth-order valence-corrected chi connectivity index (χ4v) is 3.95. The lowest BCUT2D eigenvalue weighted by molar-refractivity contribution is -0.128. The highest BCUT2D eigenvalue weighted by Gasteiger charge is 2.33. The minimum atomic E-state index is -0.0824. The van der Waals surface area contributed by atoms with Crippen molar-refractivity contribution in [1.29, 1.82) is 0 Å². The molecule has 0 unspecified atom stereocenters. The van der Waals surface area contributed by atoms with Crippen molar-refractivity contribution in [2.75, 3.05) is 32.9 Å². The average molecular weight is 373 g/mol. The first-order valence-electron chi connectivity index (χ1n) is 8.51. The Morgan fingerprint density at radius 2 is 2.08 bits per heavy atom. The molecule has 2 aromatic rings. The van der Waals surface area contributed by atoms with E-state index in [-0.39, 0.29) is 17.2 Å². The Morgan fingerprint density at radius 3 is 2.73 bits per heavy atom. The van der Waals surface area contributed by atoms with Gasteiger partial charge in [0.15, 0.2) is 0 Å². The molecule has 1 N–H and O–H groups in total. The van der Waals surface area contributed by atoms with Gasteiger partial charge < -0.3 is 19.5 Å². The van der Waals surface area contributed by atoms with Crippen molar-refractivity contribution < 1.29 is 14.0 Å². The fraction of sp³-hybridized carbons (Fsp3) is 0.368. The van der Waals surface area contributed by atoms with E-state index in [0.29, 0.717) is 24.4 Å². The highest BCUT2D eigenvalue weighted by molar-refractivity contribution is 8.00. The lowest BCUT2D eigenvalue weighted by Crippen LogP contribution is -2.31. The zero-order valence-corrected chi connectivity index (χ0v) is 15.8. The summed E-state index contributed by atoms with van der Waals surface area (Å²) in [6, 6.07) is 11.2. The summed E-state index contributed by atoms with van der Waals surface area (Å²) in [7, 11) is 3.94. The van der Waals surface area contributed by atoms with E-state index in [2.05, 4.69) is 5.32 Å². The van der Waals surface area contributed by atoms with E-state index < -0.39 is 0 Å². The molecule has 1 aromatic heterocycles. The Balaban J connectivity index is 1.65. The largest absolute Gasteiger partial charge is 0.467 e. The molecule has 2 amide bonds. The third-order valence-corrected chi connectivity index (χ3v) is 5.43. The number of amides is 2. The van der Waals surface area contributed by atoms with E-state index in [0.717, 1.165) is 17.9 Å². The zero-order valence-electron chi connectivity index (χ0n) is 15.0. The van der Waals surface area contributed by atoms with Crippen LogP contribution in [-0.4, -0.2) is 54.6 Å². The Hall–Kier alpha value is -2.25. The van der Waals surface area contributed by atoms with Gasteiger partial charge in [0, 0.05) is 18.7 Å². The molecule has 6 nitrogen and oxygen atoms in total. The molecule has 0 spiro atoms. The summed E-state index contributed by atoms with van der Waals surface area (Å²) >= 11 is 1.59. The number of rotatable bonds is 7. The van der Waals surface area contributed by atoms with E-state index in [1.807, 2.05) is 60.3 Å². The standard InChI is InChI=1S/C19H23N3O3S/c1-21(2)10-9-20-18(24)14-5-7-15(8-6-14)19-22(17(23)13-26-19)12-16-4-3-11-25-16/h3-8,11,19H,9-10,12-13H2,1-2H3,(H,20,24)/t19-/m0/s1. The topological polar surface area (TPSA) is 65.8 Å². The van der Waals surface area contributed by atoms with Crippen LogP contribution >= 0.6 is 11.8 Å². The van der Waals surface area contributed by atoms with Crippen LogP contribution in [0.15, 0.2) is 47.1 Å². The van der Waals surface area contributed by atoms with Crippen LogP contribution in [0.3, 0.4) is 0 Å². The number of likely N-dealkylation sites (N-methyl/N-ethyl adjacent to an activating group) is 1. The number of furan rings is 1. The fourth-order valence-electron chi connectivity index (χ4n) is 2.77. The molecule has 26 heavy (non-hydrogen) atoms. The predicted molar refractivity (Wildman–Crippen MR) is 102 cm³/mol. The molecule has 1 aliphatic heterocycles. The molecule has 138 valence electrons. The van der Waals surface area contributed by atoms with Gasteiger partial charge in [-0.05, 0) is 43.9 Å². The van der Waals surface area contributed by atoms with Gasteiger partial charge in [-0.2, -0.15) is 0 Å². The van der Waals surface area contributed by atoms with E-state index >= 15 is 0 Å². The summed E-state index contributed by atoms with van der Waals surface area (Å²) in [6.45, 7) is 1.86. The van der Waals surface area contributed by atoms with Crippen LogP contribution in [0.2, 0.25) is 0 Å². The second kappa shape index (κ2) is 8.42. The van der Waals surface area contributed by atoms with Gasteiger partial charge in [0.2, 0.25) is 5.91 Å². The van der Waals surface area contributed by atoms with Crippen LogP contribution in [0.5, 0.6) is 0 Å². The maximum Gasteiger partial charge on any atom is 0.251 e. The maximum absolute atomic E-state index is 12.2. The Bertz CT molecular complexity index is 744. The summed E-state index contributed by atoms with van der Waals surface area (Å²) in [5, 5.41) is 2.85. The van der Waals surface area contributed by atoms with Crippen LogP contribution in [0.25, 0.3) is 0 Å². The number of carbonyl (C=O) groups is 2. The Morgan fingerprint density at radius 1 is 1.31 bits per heavy atom. The smallest absolute Gasteiger partial charge is 0.251 e. The number of hydrogen-bond acceptors (Lipinski definition) is 5. The number of nitrogens with zero attached hydrogens (tertiary/aromatic N) is 2. The highest BCUT2D eigenvalue weighted by atomic mass is 32.2. The molecule has 1 aliphatic rings. The van der Waals surface area contributed by atoms with E-state index in [4.69, 9.17) is 4.42 Å². The first kappa shape index (κ1) is 18.5. The minimum absolute atomic E-state index is 0.0570. The van der Waals surface area contributed by atoms with E-state index in [1.165, 1.54) is 0 Å². The number of thioether (sulfide) groups is 1. The number of nitrogens with one attached hydrogen (secondary N) is 1. The van der Waals surface area contributed by atoms with Gasteiger partial charge in [-0.25, -0.2) is 0 Å². The lowest BCUT2D eigenvalue weighted by atomic mass is 10.1. The molecule has 0 bridgehead atoms. The quantitative estimate of drug-likeness (QED) is 0.807. The first-order valence-corrected chi connectivity index (χ1v) is 9.56. The summed E-state index contributed by atoms with van der Waals surface area (Å²) in [5.74, 6) is 1.24. The molecule has 2 heterocycles. The van der Waals surface area contributed by atoms with Gasteiger partial charge in [-0.1, -0.05) is 12.1 Å². The second-order valence-electron chi connectivity index (χ2n) is 6.45. The van der Waals surface area contributed by atoms with Gasteiger partial charge in [0.05, 0.1) is 18.6 Å². The molecule has 0 radical (unpaired) electrons. The van der Waals surface area contributed by atoms with Crippen LogP contribution in [-0.2, 0) is 11.3 Å². The predicted octanol–water partition coefficient (Wildman–Crippen LogP) is 2.35. The SMILES string of the molecule is CN(C)CCNC(=O)c1ccc([C@@H]2SCC(=O)N2Cc2ccco2)cc1. The molecule has 1 fully saturated rings. The van der Waals surface area contributed by atoms with Gasteiger partial charge in [0.1, 0.15) is 11.1 Å². The highest BCUT2D eigenvalue weighted by Crippen LogP contribution is 2.39. The molecule has 0 saturated carbocycles. The van der Waals surface area contributed by atoms with Crippen molar-refractivity contribution in [3.05, 3.63) is 59.5 Å². The van der Waals surface area contributed by atoms with Crippen molar-refractivity contribution in [3.8, 4) is 0 Å². The van der Waals surface area contributed by atoms with Crippen molar-refractivity contribution in [3.63, 3.8) is 0 Å². The molecule has 3 rings (SSSR count). The molecule has 7 heteroatoms. The van der Waals surface area contributed by atoms with Crippen LogP contribution in [0, 0.1) is 0 Å². The molecular formula is C19H23N3O3S. The normalized spacial score (nSPS) is 17.1. The molecule has 1 aromatic carbocycles. The lowest BCUT2D eigenvalue weighted by Gasteiger charge is -2.23. The van der Waals surface area contributed by atoms with Crippen LogP contribution < -0.4 is 5.32 Å². The summed E-state index contributed by atoms with van der Waals surface area (Å²) < 4.78 is 5.37. The van der Waals surface area contributed by atoms with Gasteiger partial charge in [-0.3, -0.25) is 9.59 Å². The Labute approximate surface area is 157 Å². The molecule has 0 aliphatic carbocycles. The van der Waals surface area contributed by atoms with E-state index in [1.54, 1.807) is 18.0 Å². The van der Waals surface area contributed by atoms with Crippen molar-refractivity contribution >= 4 is 23.6 Å². The van der Waals surface area contributed by atoms with Crippen molar-refractivity contribution in [2.24, 2.45) is 0 Å². The van der Waals surface area contributed by atoms with Crippen LogP contribution in [0.1, 0.15) is 27.1 Å². The van der Waals surface area contributed by atoms with Gasteiger partial charge >= 0.3 is 0 Å². The zero-order chi connectivity index (χ0) is 18.5. The van der Waals surface area contributed by atoms with Gasteiger partial charge in [-0.15, -0.1) is 11.8 Å². The van der Waals surface area contributed by atoms with Crippen LogP contribution in [0.4, 0.5) is 0 Å². The monoisotopic (exact) mass is 373 g/mol. The second-order valence-corrected chi connectivity index (χ2v) is 7.51. The first-order chi connectivity index (χ1) is 12.5. The van der Waals surface area contributed by atoms with E-state index in [9.17, 15) is 9.59 Å². The minimum Gasteiger partial charge on any atom is -0.467 e. The summed E-state index contributed by atoms with van der Waals surface area (Å²) in [6.07, 6.45) is 1.61. The van der Waals surface area contributed by atoms with Crippen molar-refractivity contribution in [2.45, 2.75) is 11.9 Å².